The van der Waals surface area contributed by atoms with Gasteiger partial charge in [0.05, 0.1) is 0 Å². The van der Waals surface area contributed by atoms with Crippen molar-refractivity contribution in [2.45, 2.75) is 96.3 Å². The number of hydrogen-bond acceptors (Lipinski definition) is 2. The van der Waals surface area contributed by atoms with Crippen molar-refractivity contribution in [3.05, 3.63) is 58.7 Å². The summed E-state index contributed by atoms with van der Waals surface area (Å²) in [6.07, 6.45) is 9.73. The van der Waals surface area contributed by atoms with Crippen molar-refractivity contribution < 1.29 is 10.2 Å². The molecule has 2 N–H and O–H groups in total. The zero-order valence-corrected chi connectivity index (χ0v) is 18.7. The highest BCUT2D eigenvalue weighted by atomic mass is 16.3. The van der Waals surface area contributed by atoms with E-state index in [4.69, 9.17) is 0 Å². The molecule has 2 aromatic rings. The number of phenols is 2. The molecular weight excluding hydrogens is 356 g/mol. The van der Waals surface area contributed by atoms with Crippen LogP contribution >= 0.6 is 0 Å². The van der Waals surface area contributed by atoms with E-state index in [-0.39, 0.29) is 10.8 Å². The molecule has 0 radical (unpaired) electrons. The Morgan fingerprint density at radius 2 is 1.52 bits per heavy atom. The SMILES string of the molecule is CCCC(C)(CC)c1cccc(Cc2cccc(C3(C)CCCCC3)c2O)c1O. The zero-order valence-electron chi connectivity index (χ0n) is 18.7. The lowest BCUT2D eigenvalue weighted by Gasteiger charge is -2.35. The Labute approximate surface area is 177 Å². The van der Waals surface area contributed by atoms with Crippen molar-refractivity contribution in [2.24, 2.45) is 0 Å². The summed E-state index contributed by atoms with van der Waals surface area (Å²) in [5.41, 5.74) is 3.97. The van der Waals surface area contributed by atoms with E-state index >= 15 is 0 Å². The van der Waals surface area contributed by atoms with Crippen LogP contribution in [0.4, 0.5) is 0 Å². The molecule has 1 unspecified atom stereocenters. The summed E-state index contributed by atoms with van der Waals surface area (Å²) in [7, 11) is 0. The summed E-state index contributed by atoms with van der Waals surface area (Å²) in [6, 6.07) is 12.3. The molecule has 1 fully saturated rings. The summed E-state index contributed by atoms with van der Waals surface area (Å²) in [5.74, 6) is 0.826. The maximum atomic E-state index is 11.1. The van der Waals surface area contributed by atoms with E-state index in [0.717, 1.165) is 54.4 Å². The van der Waals surface area contributed by atoms with Crippen LogP contribution in [-0.4, -0.2) is 10.2 Å². The van der Waals surface area contributed by atoms with Gasteiger partial charge in [-0.15, -0.1) is 0 Å². The van der Waals surface area contributed by atoms with E-state index in [2.05, 4.69) is 52.0 Å². The lowest BCUT2D eigenvalue weighted by molar-refractivity contribution is 0.307. The highest BCUT2D eigenvalue weighted by Gasteiger charge is 2.32. The monoisotopic (exact) mass is 394 g/mol. The highest BCUT2D eigenvalue weighted by molar-refractivity contribution is 5.51. The predicted octanol–water partition coefficient (Wildman–Crippen LogP) is 7.38. The fourth-order valence-corrected chi connectivity index (χ4v) is 5.30. The molecule has 0 aromatic heterocycles. The van der Waals surface area contributed by atoms with Gasteiger partial charge in [-0.05, 0) is 47.6 Å². The van der Waals surface area contributed by atoms with Crippen LogP contribution in [0.3, 0.4) is 0 Å². The Morgan fingerprint density at radius 3 is 2.14 bits per heavy atom. The smallest absolute Gasteiger partial charge is 0.122 e. The molecule has 0 spiro atoms. The van der Waals surface area contributed by atoms with Gasteiger partial charge in [0.2, 0.25) is 0 Å². The fraction of sp³-hybridized carbons (Fsp3) is 0.556. The van der Waals surface area contributed by atoms with Gasteiger partial charge in [0, 0.05) is 17.5 Å². The van der Waals surface area contributed by atoms with Crippen LogP contribution in [0.5, 0.6) is 11.5 Å². The largest absolute Gasteiger partial charge is 0.507 e. The molecule has 2 heteroatoms. The molecular formula is C27H38O2. The van der Waals surface area contributed by atoms with Crippen LogP contribution < -0.4 is 0 Å². The second-order valence-corrected chi connectivity index (χ2v) is 9.59. The van der Waals surface area contributed by atoms with Gasteiger partial charge < -0.3 is 10.2 Å². The standard InChI is InChI=1S/C27H38O2/c1-5-16-26(3,6-2)22-14-10-12-20(24(22)28)19-21-13-11-15-23(25(21)29)27(4)17-8-7-9-18-27/h10-15,28-29H,5-9,16-19H2,1-4H3. The Hall–Kier alpha value is -1.96. The normalized spacial score (nSPS) is 18.3. The van der Waals surface area contributed by atoms with Crippen molar-refractivity contribution in [1.82, 2.24) is 0 Å². The molecule has 2 aromatic carbocycles. The third-order valence-corrected chi connectivity index (χ3v) is 7.46. The van der Waals surface area contributed by atoms with Gasteiger partial charge >= 0.3 is 0 Å². The van der Waals surface area contributed by atoms with Gasteiger partial charge in [-0.25, -0.2) is 0 Å². The minimum absolute atomic E-state index is 0.0195. The van der Waals surface area contributed by atoms with Crippen LogP contribution in [0.1, 0.15) is 101 Å². The Bertz CT molecular complexity index is 775. The van der Waals surface area contributed by atoms with Gasteiger partial charge in [-0.3, -0.25) is 0 Å². The van der Waals surface area contributed by atoms with Crippen LogP contribution in [0, 0.1) is 0 Å². The van der Waals surface area contributed by atoms with Crippen molar-refractivity contribution in [1.29, 1.82) is 0 Å². The van der Waals surface area contributed by atoms with Gasteiger partial charge in [-0.2, -0.15) is 0 Å². The van der Waals surface area contributed by atoms with E-state index in [1.165, 1.54) is 19.3 Å². The third kappa shape index (κ3) is 4.32. The average Bonchev–Trinajstić information content (AvgIpc) is 2.71. The first-order valence-electron chi connectivity index (χ1n) is 11.5. The second kappa shape index (κ2) is 8.81. The molecule has 3 rings (SSSR count). The Kier molecular flexibility index (Phi) is 6.61. The summed E-state index contributed by atoms with van der Waals surface area (Å²) >= 11 is 0. The molecule has 0 saturated heterocycles. The second-order valence-electron chi connectivity index (χ2n) is 9.59. The number of rotatable bonds is 7. The first kappa shape index (κ1) is 21.7. The van der Waals surface area contributed by atoms with E-state index in [9.17, 15) is 10.2 Å². The molecule has 0 aliphatic heterocycles. The minimum atomic E-state index is -0.0195. The predicted molar refractivity (Wildman–Crippen MR) is 122 cm³/mol. The third-order valence-electron chi connectivity index (χ3n) is 7.46. The number of para-hydroxylation sites is 2. The minimum Gasteiger partial charge on any atom is -0.507 e. The van der Waals surface area contributed by atoms with E-state index in [0.29, 0.717) is 17.9 Å². The molecule has 1 atom stereocenters. The average molecular weight is 395 g/mol. The molecule has 0 bridgehead atoms. The quantitative estimate of drug-likeness (QED) is 0.514. The first-order chi connectivity index (χ1) is 13.8. The van der Waals surface area contributed by atoms with E-state index in [1.54, 1.807) is 0 Å². The molecule has 158 valence electrons. The summed E-state index contributed by atoms with van der Waals surface area (Å²) in [4.78, 5) is 0. The van der Waals surface area contributed by atoms with Crippen LogP contribution in [-0.2, 0) is 17.3 Å². The number of phenolic OH excluding ortho intramolecular Hbond substituents is 2. The first-order valence-corrected chi connectivity index (χ1v) is 11.5. The van der Waals surface area contributed by atoms with Crippen molar-refractivity contribution >= 4 is 0 Å². The maximum Gasteiger partial charge on any atom is 0.122 e. The molecule has 1 saturated carbocycles. The van der Waals surface area contributed by atoms with E-state index < -0.39 is 0 Å². The Balaban J connectivity index is 1.95. The van der Waals surface area contributed by atoms with Gasteiger partial charge in [0.1, 0.15) is 11.5 Å². The van der Waals surface area contributed by atoms with Crippen LogP contribution in [0.15, 0.2) is 36.4 Å². The summed E-state index contributed by atoms with van der Waals surface area (Å²) < 4.78 is 0. The molecule has 0 heterocycles. The summed E-state index contributed by atoms with van der Waals surface area (Å²) in [5, 5.41) is 22.3. The number of benzene rings is 2. The highest BCUT2D eigenvalue weighted by Crippen LogP contribution is 2.45. The fourth-order valence-electron chi connectivity index (χ4n) is 5.30. The van der Waals surface area contributed by atoms with Gasteiger partial charge in [0.25, 0.3) is 0 Å². The van der Waals surface area contributed by atoms with Crippen LogP contribution in [0.25, 0.3) is 0 Å². The topological polar surface area (TPSA) is 40.5 Å². The Morgan fingerprint density at radius 1 is 0.897 bits per heavy atom. The van der Waals surface area contributed by atoms with Crippen LogP contribution in [0.2, 0.25) is 0 Å². The molecule has 1 aliphatic rings. The molecule has 2 nitrogen and oxygen atoms in total. The zero-order chi connectivity index (χ0) is 21.1. The molecule has 0 amide bonds. The molecule has 1 aliphatic carbocycles. The van der Waals surface area contributed by atoms with Crippen molar-refractivity contribution in [3.63, 3.8) is 0 Å². The maximum absolute atomic E-state index is 11.1. The lowest BCUT2D eigenvalue weighted by Crippen LogP contribution is -2.25. The number of hydrogen-bond donors (Lipinski definition) is 2. The van der Waals surface area contributed by atoms with E-state index in [1.807, 2.05) is 12.1 Å². The van der Waals surface area contributed by atoms with Crippen molar-refractivity contribution in [2.75, 3.05) is 0 Å². The lowest BCUT2D eigenvalue weighted by atomic mass is 9.70. The van der Waals surface area contributed by atoms with Gasteiger partial charge in [0.15, 0.2) is 0 Å². The van der Waals surface area contributed by atoms with Gasteiger partial charge in [-0.1, -0.05) is 89.8 Å². The number of aromatic hydroxyl groups is 2. The summed E-state index contributed by atoms with van der Waals surface area (Å²) in [6.45, 7) is 8.93. The van der Waals surface area contributed by atoms with Crippen molar-refractivity contribution in [3.8, 4) is 11.5 Å². The molecule has 29 heavy (non-hydrogen) atoms.